The van der Waals surface area contributed by atoms with E-state index < -0.39 is 35.5 Å². The molecule has 208 valence electrons. The first-order chi connectivity index (χ1) is 18.1. The van der Waals surface area contributed by atoms with Gasteiger partial charge in [-0.1, -0.05) is 23.7 Å². The molecule has 2 aromatic heterocycles. The highest BCUT2D eigenvalue weighted by Crippen LogP contribution is 2.35. The zero-order valence-electron chi connectivity index (χ0n) is 20.5. The fourth-order valence-electron chi connectivity index (χ4n) is 3.69. The molecule has 0 aliphatic rings. The van der Waals surface area contributed by atoms with Crippen LogP contribution < -0.4 is 11.1 Å². The first kappa shape index (κ1) is 29.8. The van der Waals surface area contributed by atoms with Crippen molar-refractivity contribution in [2.75, 3.05) is 18.1 Å². The summed E-state index contributed by atoms with van der Waals surface area (Å²) >= 11 is 6.09. The molecule has 7 N–H and O–H groups in total. The predicted molar refractivity (Wildman–Crippen MR) is 137 cm³/mol. The molecule has 0 radical (unpaired) electrons. The van der Waals surface area contributed by atoms with Crippen LogP contribution in [0.5, 0.6) is 0 Å². The fraction of sp³-hybridized carbons (Fsp3) is 0.200. The molecule has 0 spiro atoms. The number of nitrogens with two attached hydrogens (primary N) is 1. The highest BCUT2D eigenvalue weighted by Gasteiger charge is 2.33. The van der Waals surface area contributed by atoms with Crippen LogP contribution in [0.1, 0.15) is 28.6 Å². The Balaban J connectivity index is 0.000000242. The molecule has 0 saturated carbocycles. The molecular formula is C25H24ClF4N5O4. The Bertz CT molecular complexity index is 1520. The van der Waals surface area contributed by atoms with Gasteiger partial charge in [0.05, 0.1) is 17.9 Å². The number of hydrogen-bond acceptors (Lipinski definition) is 8. The number of aliphatic hydroxyl groups excluding tert-OH is 1. The maximum atomic E-state index is 12.8. The van der Waals surface area contributed by atoms with Gasteiger partial charge in [-0.2, -0.15) is 13.2 Å². The lowest BCUT2D eigenvalue weighted by Gasteiger charge is -2.13. The molecular weight excluding hydrogens is 546 g/mol. The van der Waals surface area contributed by atoms with E-state index in [1.807, 2.05) is 19.1 Å². The van der Waals surface area contributed by atoms with Gasteiger partial charge >= 0.3 is 12.1 Å². The Morgan fingerprint density at radius 3 is 2.36 bits per heavy atom. The molecule has 0 saturated heterocycles. The van der Waals surface area contributed by atoms with Gasteiger partial charge in [-0.25, -0.2) is 14.4 Å². The first-order valence-electron chi connectivity index (χ1n) is 11.1. The van der Waals surface area contributed by atoms with Crippen LogP contribution in [0.15, 0.2) is 55.3 Å². The molecule has 2 heterocycles. The minimum Gasteiger partial charge on any atom is -0.388 e. The fourth-order valence-corrected chi connectivity index (χ4v) is 3.90. The Morgan fingerprint density at radius 2 is 1.82 bits per heavy atom. The van der Waals surface area contributed by atoms with Crippen molar-refractivity contribution in [1.82, 2.24) is 14.4 Å². The number of imidazole rings is 1. The Hall–Kier alpha value is -3.75. The topological polar surface area (TPSA) is 149 Å². The number of aryl methyl sites for hydroxylation is 1. The van der Waals surface area contributed by atoms with E-state index >= 15 is 0 Å². The van der Waals surface area contributed by atoms with Crippen LogP contribution in [-0.2, 0) is 12.1 Å². The van der Waals surface area contributed by atoms with E-state index in [9.17, 15) is 38.0 Å². The van der Waals surface area contributed by atoms with Gasteiger partial charge in [0.2, 0.25) is 5.82 Å². The second-order valence-corrected chi connectivity index (χ2v) is 8.69. The van der Waals surface area contributed by atoms with Crippen molar-refractivity contribution in [1.29, 1.82) is 0 Å². The smallest absolute Gasteiger partial charge is 0.388 e. The Labute approximate surface area is 224 Å². The standard InChI is InChI=1S/C15H16ClN5O3.C10H8F4O/c1-7-5-8(18-2)3-4-9(7)11-12-13(17)19-6-10(16)21(12)14(20-11)15(22,23)24;1-2-9(15)6-3-7(10(12,13)14)5-8(11)4-6/h3-6,18,22-24H,1-2H3,(H2,17,19);2-5,9,15H,1H2. The second kappa shape index (κ2) is 11.2. The third-order valence-electron chi connectivity index (χ3n) is 5.53. The molecule has 0 aliphatic heterocycles. The van der Waals surface area contributed by atoms with E-state index in [2.05, 4.69) is 21.9 Å². The van der Waals surface area contributed by atoms with Gasteiger partial charge in [-0.15, -0.1) is 6.58 Å². The summed E-state index contributed by atoms with van der Waals surface area (Å²) in [6.45, 7) is 5.08. The molecule has 0 amide bonds. The number of halogens is 5. The van der Waals surface area contributed by atoms with Crippen LogP contribution in [0.25, 0.3) is 16.8 Å². The van der Waals surface area contributed by atoms with Crippen molar-refractivity contribution in [3.8, 4) is 11.3 Å². The lowest BCUT2D eigenvalue weighted by Crippen LogP contribution is -2.27. The van der Waals surface area contributed by atoms with Crippen molar-refractivity contribution >= 4 is 28.6 Å². The van der Waals surface area contributed by atoms with Crippen molar-refractivity contribution < 1.29 is 38.0 Å². The number of rotatable bonds is 5. The number of nitrogens with one attached hydrogen (secondary N) is 1. The molecule has 2 aromatic carbocycles. The highest BCUT2D eigenvalue weighted by molar-refractivity contribution is 6.30. The average molecular weight is 570 g/mol. The summed E-state index contributed by atoms with van der Waals surface area (Å²) < 4.78 is 50.7. The molecule has 4 rings (SSSR count). The lowest BCUT2D eigenvalue weighted by atomic mass is 10.0. The summed E-state index contributed by atoms with van der Waals surface area (Å²) in [4.78, 5) is 8.14. The predicted octanol–water partition coefficient (Wildman–Crippen LogP) is 4.13. The van der Waals surface area contributed by atoms with Gasteiger partial charge in [0.1, 0.15) is 28.0 Å². The number of anilines is 2. The van der Waals surface area contributed by atoms with Crippen LogP contribution in [0, 0.1) is 12.7 Å². The molecule has 9 nitrogen and oxygen atoms in total. The quantitative estimate of drug-likeness (QED) is 0.119. The van der Waals surface area contributed by atoms with Crippen molar-refractivity contribution in [2.45, 2.75) is 25.2 Å². The van der Waals surface area contributed by atoms with Crippen LogP contribution >= 0.6 is 11.6 Å². The minimum absolute atomic E-state index is 0.0268. The highest BCUT2D eigenvalue weighted by atomic mass is 35.5. The van der Waals surface area contributed by atoms with E-state index in [-0.39, 0.29) is 22.1 Å². The summed E-state index contributed by atoms with van der Waals surface area (Å²) in [6.07, 6.45) is -3.67. The van der Waals surface area contributed by atoms with Crippen LogP contribution in [0.4, 0.5) is 29.1 Å². The second-order valence-electron chi connectivity index (χ2n) is 8.30. The number of fused-ring (bicyclic) bond motifs is 1. The largest absolute Gasteiger partial charge is 0.416 e. The maximum Gasteiger partial charge on any atom is 0.416 e. The normalized spacial score (nSPS) is 12.6. The number of alkyl halides is 3. The monoisotopic (exact) mass is 569 g/mol. The maximum absolute atomic E-state index is 12.8. The zero-order valence-corrected chi connectivity index (χ0v) is 21.3. The van der Waals surface area contributed by atoms with Gasteiger partial charge in [-0.3, -0.25) is 4.40 Å². The van der Waals surface area contributed by atoms with Crippen molar-refractivity contribution in [3.63, 3.8) is 0 Å². The van der Waals surface area contributed by atoms with Gasteiger partial charge in [0.15, 0.2) is 0 Å². The summed E-state index contributed by atoms with van der Waals surface area (Å²) in [5.74, 6) is -4.60. The van der Waals surface area contributed by atoms with E-state index in [0.29, 0.717) is 23.4 Å². The molecule has 0 aliphatic carbocycles. The van der Waals surface area contributed by atoms with Crippen molar-refractivity contribution in [2.24, 2.45) is 0 Å². The first-order valence-corrected chi connectivity index (χ1v) is 11.4. The Morgan fingerprint density at radius 1 is 1.15 bits per heavy atom. The van der Waals surface area contributed by atoms with E-state index in [1.165, 1.54) is 6.20 Å². The number of aromatic nitrogens is 3. The number of hydrogen-bond donors (Lipinski definition) is 6. The molecule has 4 aromatic rings. The molecule has 39 heavy (non-hydrogen) atoms. The SMILES string of the molecule is C=CC(O)c1cc(F)cc(C(F)(F)F)c1.CNc1ccc(-c2nc(C(O)(O)O)n3c(Cl)cnc(N)c23)c(C)c1. The average Bonchev–Trinajstić information content (AvgIpc) is 3.27. The summed E-state index contributed by atoms with van der Waals surface area (Å²) in [7, 11) is 1.80. The van der Waals surface area contributed by atoms with E-state index in [0.717, 1.165) is 27.8 Å². The molecule has 14 heteroatoms. The molecule has 0 bridgehead atoms. The zero-order chi connectivity index (χ0) is 29.3. The summed E-state index contributed by atoms with van der Waals surface area (Å²) in [6, 6.07) is 7.45. The third kappa shape index (κ3) is 6.46. The number of nitrogens with zero attached hydrogens (tertiary/aromatic N) is 3. The van der Waals surface area contributed by atoms with Gasteiger partial charge in [0.25, 0.3) is 0 Å². The number of benzene rings is 2. The van der Waals surface area contributed by atoms with Gasteiger partial charge in [-0.05, 0) is 48.4 Å². The van der Waals surface area contributed by atoms with E-state index in [1.54, 1.807) is 13.1 Å². The molecule has 1 unspecified atom stereocenters. The summed E-state index contributed by atoms with van der Waals surface area (Å²) in [5.41, 5.74) is 7.72. The van der Waals surface area contributed by atoms with Gasteiger partial charge < -0.3 is 31.5 Å². The van der Waals surface area contributed by atoms with Gasteiger partial charge in [0, 0.05) is 18.3 Å². The Kier molecular flexibility index (Phi) is 8.53. The van der Waals surface area contributed by atoms with Crippen LogP contribution in [0.3, 0.4) is 0 Å². The van der Waals surface area contributed by atoms with Crippen molar-refractivity contribution in [3.05, 3.63) is 88.7 Å². The van der Waals surface area contributed by atoms with E-state index in [4.69, 9.17) is 17.3 Å². The molecule has 0 fully saturated rings. The van der Waals surface area contributed by atoms with Crippen LogP contribution in [0.2, 0.25) is 5.15 Å². The van der Waals surface area contributed by atoms with Crippen LogP contribution in [-0.4, -0.2) is 41.8 Å². The molecule has 1 atom stereocenters. The number of nitrogen functional groups attached to an aromatic ring is 1. The number of aliphatic hydroxyl groups is 4. The summed E-state index contributed by atoms with van der Waals surface area (Å²) in [5, 5.41) is 41.1. The lowest BCUT2D eigenvalue weighted by molar-refractivity contribution is -0.329. The minimum atomic E-state index is -4.63. The third-order valence-corrected chi connectivity index (χ3v) is 5.79.